The first-order valence-corrected chi connectivity index (χ1v) is 7.10. The molecule has 0 saturated carbocycles. The van der Waals surface area contributed by atoms with E-state index < -0.39 is 0 Å². The normalized spacial score (nSPS) is 19.0. The molecule has 2 aromatic rings. The summed E-state index contributed by atoms with van der Waals surface area (Å²) in [5.74, 6) is 7.04. The minimum absolute atomic E-state index is 0.0266. The summed E-state index contributed by atoms with van der Waals surface area (Å²) in [4.78, 5) is 0. The van der Waals surface area contributed by atoms with Crippen molar-refractivity contribution in [3.05, 3.63) is 64.7 Å². The Kier molecular flexibility index (Phi) is 3.92. The zero-order chi connectivity index (χ0) is 13.9. The van der Waals surface area contributed by atoms with Crippen LogP contribution in [-0.2, 0) is 0 Å². The van der Waals surface area contributed by atoms with Gasteiger partial charge in [-0.05, 0) is 35.7 Å². The van der Waals surface area contributed by atoms with Gasteiger partial charge in [0.05, 0.1) is 12.6 Å². The highest BCUT2D eigenvalue weighted by Crippen LogP contribution is 2.41. The molecule has 4 heteroatoms. The quantitative estimate of drug-likeness (QED) is 0.672. The number of para-hydroxylation sites is 1. The summed E-state index contributed by atoms with van der Waals surface area (Å²) in [5, 5.41) is 0.725. The molecule has 0 radical (unpaired) electrons. The molecule has 2 atom stereocenters. The maximum Gasteiger partial charge on any atom is 0.122 e. The number of fused-ring (bicyclic) bond motifs is 1. The topological polar surface area (TPSA) is 47.3 Å². The summed E-state index contributed by atoms with van der Waals surface area (Å²) in [6, 6.07) is 16.0. The summed E-state index contributed by atoms with van der Waals surface area (Å²) in [7, 11) is 0. The first-order chi connectivity index (χ1) is 9.79. The maximum absolute atomic E-state index is 6.09. The van der Waals surface area contributed by atoms with Crippen molar-refractivity contribution in [3.63, 3.8) is 0 Å². The molecule has 2 aromatic carbocycles. The van der Waals surface area contributed by atoms with Gasteiger partial charge in [0.2, 0.25) is 0 Å². The van der Waals surface area contributed by atoms with E-state index in [1.54, 1.807) is 0 Å². The Bertz CT molecular complexity index is 603. The van der Waals surface area contributed by atoms with Crippen molar-refractivity contribution in [1.29, 1.82) is 0 Å². The fourth-order valence-electron chi connectivity index (χ4n) is 2.86. The number of nitrogens with two attached hydrogens (primary N) is 1. The number of hydrogen-bond donors (Lipinski definition) is 2. The van der Waals surface area contributed by atoms with Gasteiger partial charge in [0, 0.05) is 10.9 Å². The van der Waals surface area contributed by atoms with Gasteiger partial charge in [-0.2, -0.15) is 0 Å². The molecular weight excluding hydrogens is 272 g/mol. The lowest BCUT2D eigenvalue weighted by molar-refractivity contribution is 0.246. The number of rotatable bonds is 3. The maximum atomic E-state index is 6.09. The number of hydrogen-bond acceptors (Lipinski definition) is 3. The van der Waals surface area contributed by atoms with Gasteiger partial charge in [0.1, 0.15) is 5.75 Å². The van der Waals surface area contributed by atoms with Crippen LogP contribution in [0.15, 0.2) is 48.5 Å². The molecule has 2 unspecified atom stereocenters. The van der Waals surface area contributed by atoms with Crippen LogP contribution in [0.3, 0.4) is 0 Å². The van der Waals surface area contributed by atoms with Gasteiger partial charge in [0.25, 0.3) is 0 Å². The third kappa shape index (κ3) is 2.52. The van der Waals surface area contributed by atoms with Crippen LogP contribution >= 0.6 is 11.6 Å². The highest BCUT2D eigenvalue weighted by molar-refractivity contribution is 6.30. The van der Waals surface area contributed by atoms with Gasteiger partial charge in [-0.1, -0.05) is 41.9 Å². The van der Waals surface area contributed by atoms with E-state index in [9.17, 15) is 0 Å². The monoisotopic (exact) mass is 288 g/mol. The summed E-state index contributed by atoms with van der Waals surface area (Å²) in [5.41, 5.74) is 5.24. The predicted octanol–water partition coefficient (Wildman–Crippen LogP) is 3.41. The largest absolute Gasteiger partial charge is 0.493 e. The summed E-state index contributed by atoms with van der Waals surface area (Å²) < 4.78 is 5.71. The number of halogens is 1. The smallest absolute Gasteiger partial charge is 0.122 e. The highest BCUT2D eigenvalue weighted by Gasteiger charge is 2.29. The zero-order valence-corrected chi connectivity index (χ0v) is 11.8. The summed E-state index contributed by atoms with van der Waals surface area (Å²) >= 11 is 6.09. The molecular formula is C16H17ClN2O. The van der Waals surface area contributed by atoms with Crippen molar-refractivity contribution >= 4 is 11.6 Å². The average molecular weight is 289 g/mol. The van der Waals surface area contributed by atoms with Crippen LogP contribution in [0.5, 0.6) is 5.75 Å². The molecule has 3 nitrogen and oxygen atoms in total. The van der Waals surface area contributed by atoms with Crippen LogP contribution in [0.4, 0.5) is 0 Å². The molecule has 0 bridgehead atoms. The van der Waals surface area contributed by atoms with Gasteiger partial charge in [-0.25, -0.2) is 0 Å². The van der Waals surface area contributed by atoms with E-state index in [1.165, 1.54) is 5.56 Å². The van der Waals surface area contributed by atoms with Crippen molar-refractivity contribution in [2.45, 2.75) is 18.4 Å². The van der Waals surface area contributed by atoms with Gasteiger partial charge < -0.3 is 4.74 Å². The Labute approximate surface area is 123 Å². The second kappa shape index (κ2) is 5.83. The number of hydrazine groups is 1. The van der Waals surface area contributed by atoms with Gasteiger partial charge in [0.15, 0.2) is 0 Å². The number of benzene rings is 2. The first-order valence-electron chi connectivity index (χ1n) is 6.73. The molecule has 1 heterocycles. The Morgan fingerprint density at radius 3 is 2.85 bits per heavy atom. The van der Waals surface area contributed by atoms with Crippen LogP contribution in [0.1, 0.15) is 29.5 Å². The van der Waals surface area contributed by atoms with E-state index in [1.807, 2.05) is 36.4 Å². The van der Waals surface area contributed by atoms with Crippen molar-refractivity contribution in [2.75, 3.05) is 6.61 Å². The minimum atomic E-state index is 0.0266. The Morgan fingerprint density at radius 2 is 2.05 bits per heavy atom. The molecule has 3 N–H and O–H groups in total. The van der Waals surface area contributed by atoms with Crippen molar-refractivity contribution in [3.8, 4) is 5.75 Å². The van der Waals surface area contributed by atoms with Gasteiger partial charge in [-0.3, -0.25) is 11.3 Å². The zero-order valence-electron chi connectivity index (χ0n) is 11.1. The van der Waals surface area contributed by atoms with Crippen LogP contribution in [0.25, 0.3) is 0 Å². The van der Waals surface area contributed by atoms with E-state index in [0.29, 0.717) is 6.61 Å². The second-order valence-electron chi connectivity index (χ2n) is 4.98. The fourth-order valence-corrected chi connectivity index (χ4v) is 3.06. The Balaban J connectivity index is 1.99. The molecule has 1 aliphatic heterocycles. The molecule has 20 heavy (non-hydrogen) atoms. The summed E-state index contributed by atoms with van der Waals surface area (Å²) in [6.45, 7) is 0.709. The predicted molar refractivity (Wildman–Crippen MR) is 80.8 cm³/mol. The lowest BCUT2D eigenvalue weighted by Crippen LogP contribution is -2.34. The van der Waals surface area contributed by atoms with Crippen LogP contribution in [0, 0.1) is 0 Å². The van der Waals surface area contributed by atoms with E-state index >= 15 is 0 Å². The van der Waals surface area contributed by atoms with Crippen LogP contribution in [-0.4, -0.2) is 6.61 Å². The minimum Gasteiger partial charge on any atom is -0.493 e. The average Bonchev–Trinajstić information content (AvgIpc) is 2.48. The summed E-state index contributed by atoms with van der Waals surface area (Å²) in [6.07, 6.45) is 0.929. The van der Waals surface area contributed by atoms with Crippen LogP contribution in [0.2, 0.25) is 5.02 Å². The van der Waals surface area contributed by atoms with Gasteiger partial charge in [-0.15, -0.1) is 0 Å². The molecule has 3 rings (SSSR count). The molecule has 0 spiro atoms. The molecule has 0 aromatic heterocycles. The Morgan fingerprint density at radius 1 is 1.20 bits per heavy atom. The van der Waals surface area contributed by atoms with E-state index in [0.717, 1.165) is 22.8 Å². The number of ether oxygens (including phenoxy) is 1. The SMILES string of the molecule is NNC(c1cccc(Cl)c1)C1CCOc2ccccc21. The number of nitrogens with one attached hydrogen (secondary N) is 1. The van der Waals surface area contributed by atoms with Gasteiger partial charge >= 0.3 is 0 Å². The second-order valence-corrected chi connectivity index (χ2v) is 5.42. The molecule has 0 aliphatic carbocycles. The van der Waals surface area contributed by atoms with E-state index in [4.69, 9.17) is 22.2 Å². The Hall–Kier alpha value is -1.55. The van der Waals surface area contributed by atoms with Crippen molar-refractivity contribution in [1.82, 2.24) is 5.43 Å². The molecule has 104 valence electrons. The fraction of sp³-hybridized carbons (Fsp3) is 0.250. The standard InChI is InChI=1S/C16H17ClN2O/c17-12-5-3-4-11(10-12)16(19-18)14-8-9-20-15-7-2-1-6-13(14)15/h1-7,10,14,16,19H,8-9,18H2. The van der Waals surface area contributed by atoms with Crippen molar-refractivity contribution < 1.29 is 4.74 Å². The lowest BCUT2D eigenvalue weighted by Gasteiger charge is -2.32. The lowest BCUT2D eigenvalue weighted by atomic mass is 9.83. The molecule has 0 saturated heterocycles. The van der Waals surface area contributed by atoms with Crippen molar-refractivity contribution in [2.24, 2.45) is 5.84 Å². The highest BCUT2D eigenvalue weighted by atomic mass is 35.5. The first kappa shape index (κ1) is 13.4. The molecule has 0 fully saturated rings. The van der Waals surface area contributed by atoms with Crippen LogP contribution < -0.4 is 16.0 Å². The third-order valence-corrected chi connectivity index (χ3v) is 4.03. The molecule has 1 aliphatic rings. The van der Waals surface area contributed by atoms with E-state index in [2.05, 4.69) is 17.6 Å². The van der Waals surface area contributed by atoms with E-state index in [-0.39, 0.29) is 12.0 Å². The molecule has 0 amide bonds. The third-order valence-electron chi connectivity index (χ3n) is 3.79.